The molecule has 0 bridgehead atoms. The average molecular weight is 623 g/mol. The number of rotatable bonds is 15. The highest BCUT2D eigenvalue weighted by Gasteiger charge is 2.34. The number of anilines is 1. The number of nitrogens with zero attached hydrogens (tertiary/aromatic N) is 1. The number of aliphatic hydroxyl groups excluding tert-OH is 1. The Balaban J connectivity index is 2.29. The average Bonchev–Trinajstić information content (AvgIpc) is 2.94. The number of nitrogens with two attached hydrogens (primary N) is 3. The van der Waals surface area contributed by atoms with Crippen molar-refractivity contribution in [3.63, 3.8) is 0 Å². The van der Waals surface area contributed by atoms with E-state index in [0.717, 1.165) is 30.3 Å². The SMILES string of the molecule is NCCN(CCN)C(=O)C[C@H](N)C(=O)N[C@H](C(=O)Nc1ccc(OCC(F)F)c(F)c1)[C@H](O)c1ccc(C(F)(F)F)cc1. The summed E-state index contributed by atoms with van der Waals surface area (Å²) in [6, 6.07) is 2.37. The van der Waals surface area contributed by atoms with Gasteiger partial charge in [0, 0.05) is 37.9 Å². The van der Waals surface area contributed by atoms with Crippen molar-refractivity contribution in [2.75, 3.05) is 38.1 Å². The summed E-state index contributed by atoms with van der Waals surface area (Å²) >= 11 is 0. The van der Waals surface area contributed by atoms with E-state index in [-0.39, 0.29) is 37.4 Å². The molecule has 0 radical (unpaired) electrons. The molecule has 0 aliphatic heterocycles. The Morgan fingerprint density at radius 1 is 0.977 bits per heavy atom. The van der Waals surface area contributed by atoms with E-state index in [1.807, 2.05) is 0 Å². The molecule has 43 heavy (non-hydrogen) atoms. The summed E-state index contributed by atoms with van der Waals surface area (Å²) in [6.45, 7) is -0.618. The van der Waals surface area contributed by atoms with E-state index in [1.165, 1.54) is 4.90 Å². The van der Waals surface area contributed by atoms with Gasteiger partial charge in [-0.25, -0.2) is 13.2 Å². The van der Waals surface area contributed by atoms with Crippen molar-refractivity contribution >= 4 is 23.4 Å². The molecule has 9 N–H and O–H groups in total. The highest BCUT2D eigenvalue weighted by Crippen LogP contribution is 2.30. The molecule has 3 amide bonds. The number of ether oxygens (including phenoxy) is 1. The van der Waals surface area contributed by atoms with E-state index in [4.69, 9.17) is 17.2 Å². The standard InChI is InChI=1S/C26H32F6N6O5/c27-17-11-16(5-6-19(17)43-13-20(28)29)36-25(42)22(23(40)14-1-3-15(4-2-14)26(30,31)32)37-24(41)18(35)12-21(39)38(9-7-33)10-8-34/h1-6,11,18,20,22-23,40H,7-10,12-13,33-35H2,(H,36,42)(H,37,41)/t18-,22-,23+/m0/s1. The number of carbonyl (C=O) groups is 3. The zero-order chi connectivity index (χ0) is 32.3. The number of halogens is 6. The van der Waals surface area contributed by atoms with E-state index in [2.05, 4.69) is 15.4 Å². The second-order valence-corrected chi connectivity index (χ2v) is 9.16. The van der Waals surface area contributed by atoms with Crippen LogP contribution in [0, 0.1) is 5.82 Å². The first-order valence-corrected chi connectivity index (χ1v) is 12.8. The Bertz CT molecular complexity index is 1230. The minimum absolute atomic E-state index is 0.106. The fourth-order valence-corrected chi connectivity index (χ4v) is 3.76. The van der Waals surface area contributed by atoms with Gasteiger partial charge in [-0.2, -0.15) is 13.2 Å². The van der Waals surface area contributed by atoms with Gasteiger partial charge in [0.05, 0.1) is 18.0 Å². The predicted molar refractivity (Wildman–Crippen MR) is 142 cm³/mol. The van der Waals surface area contributed by atoms with Crippen LogP contribution in [-0.2, 0) is 20.6 Å². The van der Waals surface area contributed by atoms with Crippen molar-refractivity contribution in [2.45, 2.75) is 37.2 Å². The Hall–Kier alpha value is -3.93. The lowest BCUT2D eigenvalue weighted by Crippen LogP contribution is -2.53. The van der Waals surface area contributed by atoms with Crippen LogP contribution in [0.4, 0.5) is 32.0 Å². The maximum atomic E-state index is 14.3. The van der Waals surface area contributed by atoms with Crippen LogP contribution >= 0.6 is 0 Å². The zero-order valence-corrected chi connectivity index (χ0v) is 22.6. The normalized spacial score (nSPS) is 13.7. The van der Waals surface area contributed by atoms with Gasteiger partial charge in [-0.1, -0.05) is 12.1 Å². The minimum Gasteiger partial charge on any atom is -0.485 e. The first-order chi connectivity index (χ1) is 20.2. The van der Waals surface area contributed by atoms with Crippen molar-refractivity contribution in [3.8, 4) is 5.75 Å². The number of alkyl halides is 5. The molecule has 2 aromatic rings. The van der Waals surface area contributed by atoms with E-state index < -0.39 is 78.7 Å². The summed E-state index contributed by atoms with van der Waals surface area (Å²) in [5.74, 6) is -4.48. The molecule has 0 aromatic heterocycles. The van der Waals surface area contributed by atoms with Crippen LogP contribution in [0.2, 0.25) is 0 Å². The number of carbonyl (C=O) groups excluding carboxylic acids is 3. The molecule has 238 valence electrons. The van der Waals surface area contributed by atoms with Crippen molar-refractivity contribution < 1.29 is 50.6 Å². The van der Waals surface area contributed by atoms with Crippen molar-refractivity contribution in [1.82, 2.24) is 10.2 Å². The summed E-state index contributed by atoms with van der Waals surface area (Å²) in [4.78, 5) is 39.9. The second-order valence-electron chi connectivity index (χ2n) is 9.16. The van der Waals surface area contributed by atoms with Crippen LogP contribution in [0.25, 0.3) is 0 Å². The molecular formula is C26H32F6N6O5. The molecule has 0 unspecified atom stereocenters. The summed E-state index contributed by atoms with van der Waals surface area (Å²) in [6.07, 6.45) is -10.0. The monoisotopic (exact) mass is 622 g/mol. The second kappa shape index (κ2) is 16.1. The Labute approximate surface area is 242 Å². The van der Waals surface area contributed by atoms with Crippen molar-refractivity contribution in [1.29, 1.82) is 0 Å². The number of hydrogen-bond donors (Lipinski definition) is 6. The number of nitrogens with one attached hydrogen (secondary N) is 2. The summed E-state index contributed by atoms with van der Waals surface area (Å²) in [5.41, 5.74) is 15.3. The summed E-state index contributed by atoms with van der Waals surface area (Å²) in [5, 5.41) is 15.3. The van der Waals surface area contributed by atoms with Gasteiger partial charge < -0.3 is 42.6 Å². The highest BCUT2D eigenvalue weighted by molar-refractivity contribution is 5.99. The largest absolute Gasteiger partial charge is 0.485 e. The van der Waals surface area contributed by atoms with E-state index in [9.17, 15) is 45.8 Å². The molecule has 0 spiro atoms. The Kier molecular flexibility index (Phi) is 13.2. The minimum atomic E-state index is -4.69. The highest BCUT2D eigenvalue weighted by atomic mass is 19.4. The Morgan fingerprint density at radius 3 is 2.09 bits per heavy atom. The predicted octanol–water partition coefficient (Wildman–Crippen LogP) is 1.11. The quantitative estimate of drug-likeness (QED) is 0.160. The third kappa shape index (κ3) is 10.7. The Morgan fingerprint density at radius 2 is 1.58 bits per heavy atom. The van der Waals surface area contributed by atoms with E-state index in [1.54, 1.807) is 0 Å². The lowest BCUT2D eigenvalue weighted by Gasteiger charge is -2.26. The van der Waals surface area contributed by atoms with E-state index >= 15 is 0 Å². The molecular weight excluding hydrogens is 590 g/mol. The number of hydrogen-bond acceptors (Lipinski definition) is 8. The molecule has 17 heteroatoms. The fourth-order valence-electron chi connectivity index (χ4n) is 3.76. The van der Waals surface area contributed by atoms with Gasteiger partial charge in [0.15, 0.2) is 11.6 Å². The maximum Gasteiger partial charge on any atom is 0.416 e. The first kappa shape index (κ1) is 35.3. The van der Waals surface area contributed by atoms with Crippen LogP contribution in [-0.4, -0.2) is 79.0 Å². The summed E-state index contributed by atoms with van der Waals surface area (Å²) < 4.78 is 82.7. The summed E-state index contributed by atoms with van der Waals surface area (Å²) in [7, 11) is 0. The third-order valence-electron chi connectivity index (χ3n) is 5.92. The molecule has 0 heterocycles. The molecule has 3 atom stereocenters. The van der Waals surface area contributed by atoms with Crippen LogP contribution in [0.5, 0.6) is 5.75 Å². The number of aliphatic hydroxyl groups is 1. The van der Waals surface area contributed by atoms with Gasteiger partial charge >= 0.3 is 6.18 Å². The van der Waals surface area contributed by atoms with Gasteiger partial charge in [-0.15, -0.1) is 0 Å². The van der Waals surface area contributed by atoms with E-state index in [0.29, 0.717) is 12.1 Å². The smallest absolute Gasteiger partial charge is 0.416 e. The molecule has 0 fully saturated rings. The fraction of sp³-hybridized carbons (Fsp3) is 0.423. The van der Waals surface area contributed by atoms with Gasteiger partial charge in [0.2, 0.25) is 17.7 Å². The molecule has 0 aliphatic carbocycles. The third-order valence-corrected chi connectivity index (χ3v) is 5.92. The van der Waals surface area contributed by atoms with Gasteiger partial charge in [0.1, 0.15) is 18.8 Å². The van der Waals surface area contributed by atoms with Gasteiger partial charge in [-0.05, 0) is 29.8 Å². The van der Waals surface area contributed by atoms with Crippen molar-refractivity contribution in [2.24, 2.45) is 17.2 Å². The maximum absolute atomic E-state index is 14.3. The van der Waals surface area contributed by atoms with Crippen molar-refractivity contribution in [3.05, 3.63) is 59.4 Å². The molecule has 2 aromatic carbocycles. The molecule has 2 rings (SSSR count). The number of benzene rings is 2. The topological polar surface area (TPSA) is 186 Å². The zero-order valence-electron chi connectivity index (χ0n) is 22.6. The van der Waals surface area contributed by atoms with Crippen LogP contribution < -0.4 is 32.6 Å². The number of amides is 3. The van der Waals surface area contributed by atoms with Crippen LogP contribution in [0.15, 0.2) is 42.5 Å². The first-order valence-electron chi connectivity index (χ1n) is 12.8. The van der Waals surface area contributed by atoms with Crippen LogP contribution in [0.3, 0.4) is 0 Å². The lowest BCUT2D eigenvalue weighted by molar-refractivity contribution is -0.137. The van der Waals surface area contributed by atoms with Gasteiger partial charge in [0.25, 0.3) is 6.43 Å². The lowest BCUT2D eigenvalue weighted by atomic mass is 9.99. The molecule has 0 aliphatic rings. The molecule has 0 saturated carbocycles. The molecule has 0 saturated heterocycles. The van der Waals surface area contributed by atoms with Gasteiger partial charge in [-0.3, -0.25) is 14.4 Å². The van der Waals surface area contributed by atoms with Crippen LogP contribution in [0.1, 0.15) is 23.7 Å². The molecule has 11 nitrogen and oxygen atoms in total.